The van der Waals surface area contributed by atoms with Crippen LogP contribution in [0.3, 0.4) is 0 Å². The highest BCUT2D eigenvalue weighted by molar-refractivity contribution is 5.81. The molecule has 62 valence electrons. The zero-order chi connectivity index (χ0) is 8.97. The van der Waals surface area contributed by atoms with E-state index in [1.807, 2.05) is 37.3 Å². The third-order valence-corrected chi connectivity index (χ3v) is 1.76. The Morgan fingerprint density at radius 1 is 1.33 bits per heavy atom. The van der Waals surface area contributed by atoms with Crippen LogP contribution in [0.2, 0.25) is 0 Å². The molecule has 0 saturated carbocycles. The number of benzene rings is 1. The number of carbonyl (C=O) groups is 1. The molecule has 1 nitrogen and oxygen atoms in total. The minimum absolute atomic E-state index is 0.754. The SMILES string of the molecule is C/C(C=O)=C\c1ccccc1C. The Labute approximate surface area is 72.7 Å². The standard InChI is InChI=1S/C11H12O/c1-9(8-12)7-11-6-4-3-5-10(11)2/h3-8H,1-2H3/b9-7+. The number of aryl methyl sites for hydroxylation is 1. The van der Waals surface area contributed by atoms with E-state index in [9.17, 15) is 4.79 Å². The third kappa shape index (κ3) is 2.06. The molecule has 0 radical (unpaired) electrons. The van der Waals surface area contributed by atoms with Gasteiger partial charge in [0.05, 0.1) is 0 Å². The van der Waals surface area contributed by atoms with E-state index < -0.39 is 0 Å². The van der Waals surface area contributed by atoms with Crippen LogP contribution in [0, 0.1) is 6.92 Å². The van der Waals surface area contributed by atoms with Crippen LogP contribution >= 0.6 is 0 Å². The van der Waals surface area contributed by atoms with Crippen molar-refractivity contribution in [3.8, 4) is 0 Å². The minimum Gasteiger partial charge on any atom is -0.298 e. The highest BCUT2D eigenvalue weighted by Crippen LogP contribution is 2.10. The van der Waals surface area contributed by atoms with Crippen LogP contribution < -0.4 is 0 Å². The first-order chi connectivity index (χ1) is 5.74. The van der Waals surface area contributed by atoms with E-state index in [0.29, 0.717) is 0 Å². The molecule has 0 heterocycles. The Hall–Kier alpha value is -1.37. The van der Waals surface area contributed by atoms with Gasteiger partial charge in [0.1, 0.15) is 6.29 Å². The van der Waals surface area contributed by atoms with Gasteiger partial charge in [0.2, 0.25) is 0 Å². The molecule has 1 rings (SSSR count). The van der Waals surface area contributed by atoms with E-state index in [-0.39, 0.29) is 0 Å². The monoisotopic (exact) mass is 160 g/mol. The second-order valence-electron chi connectivity index (χ2n) is 2.86. The fourth-order valence-corrected chi connectivity index (χ4v) is 1.03. The van der Waals surface area contributed by atoms with E-state index in [0.717, 1.165) is 17.4 Å². The van der Waals surface area contributed by atoms with Crippen LogP contribution in [0.5, 0.6) is 0 Å². The van der Waals surface area contributed by atoms with Crippen LogP contribution in [0.4, 0.5) is 0 Å². The summed E-state index contributed by atoms with van der Waals surface area (Å²) >= 11 is 0. The largest absolute Gasteiger partial charge is 0.298 e. The van der Waals surface area contributed by atoms with Crippen molar-refractivity contribution in [2.75, 3.05) is 0 Å². The van der Waals surface area contributed by atoms with Crippen molar-refractivity contribution >= 4 is 12.4 Å². The predicted octanol–water partition coefficient (Wildman–Crippen LogP) is 2.60. The fraction of sp³-hybridized carbons (Fsp3) is 0.182. The van der Waals surface area contributed by atoms with E-state index in [1.165, 1.54) is 5.56 Å². The quantitative estimate of drug-likeness (QED) is 0.480. The van der Waals surface area contributed by atoms with Crippen molar-refractivity contribution < 1.29 is 4.79 Å². The highest BCUT2D eigenvalue weighted by Gasteiger charge is 1.92. The molecule has 0 unspecified atom stereocenters. The summed E-state index contributed by atoms with van der Waals surface area (Å²) in [5.74, 6) is 0. The average molecular weight is 160 g/mol. The summed E-state index contributed by atoms with van der Waals surface area (Å²) in [4.78, 5) is 10.4. The number of carbonyl (C=O) groups excluding carboxylic acids is 1. The molecule has 1 heteroatoms. The molecule has 0 aromatic heterocycles. The molecule has 1 aromatic rings. The van der Waals surface area contributed by atoms with Gasteiger partial charge in [-0.15, -0.1) is 0 Å². The van der Waals surface area contributed by atoms with Gasteiger partial charge in [0, 0.05) is 0 Å². The summed E-state index contributed by atoms with van der Waals surface area (Å²) in [6, 6.07) is 7.99. The van der Waals surface area contributed by atoms with Gasteiger partial charge < -0.3 is 0 Å². The van der Waals surface area contributed by atoms with Crippen LogP contribution in [-0.4, -0.2) is 6.29 Å². The van der Waals surface area contributed by atoms with Crippen molar-refractivity contribution in [2.24, 2.45) is 0 Å². The number of hydrogen-bond donors (Lipinski definition) is 0. The lowest BCUT2D eigenvalue weighted by atomic mass is 10.1. The summed E-state index contributed by atoms with van der Waals surface area (Å²) in [7, 11) is 0. The molecule has 0 atom stereocenters. The normalized spacial score (nSPS) is 11.3. The molecule has 0 amide bonds. The Balaban J connectivity index is 3.04. The molecule has 1 aromatic carbocycles. The highest BCUT2D eigenvalue weighted by atomic mass is 16.1. The molecule has 0 spiro atoms. The predicted molar refractivity (Wildman–Crippen MR) is 50.9 cm³/mol. The van der Waals surface area contributed by atoms with Crippen LogP contribution in [0.15, 0.2) is 29.8 Å². The van der Waals surface area contributed by atoms with Gasteiger partial charge >= 0.3 is 0 Å². The van der Waals surface area contributed by atoms with E-state index in [1.54, 1.807) is 6.92 Å². The molecule has 0 saturated heterocycles. The van der Waals surface area contributed by atoms with Gasteiger partial charge in [-0.05, 0) is 36.6 Å². The van der Waals surface area contributed by atoms with Crippen molar-refractivity contribution in [1.29, 1.82) is 0 Å². The minimum atomic E-state index is 0.754. The first-order valence-corrected chi connectivity index (χ1v) is 3.93. The zero-order valence-electron chi connectivity index (χ0n) is 7.37. The van der Waals surface area contributed by atoms with Crippen molar-refractivity contribution in [2.45, 2.75) is 13.8 Å². The van der Waals surface area contributed by atoms with Crippen LogP contribution in [0.25, 0.3) is 6.08 Å². The molecular weight excluding hydrogens is 148 g/mol. The van der Waals surface area contributed by atoms with E-state index >= 15 is 0 Å². The van der Waals surface area contributed by atoms with E-state index in [2.05, 4.69) is 0 Å². The van der Waals surface area contributed by atoms with Crippen molar-refractivity contribution in [1.82, 2.24) is 0 Å². The van der Waals surface area contributed by atoms with Crippen LogP contribution in [-0.2, 0) is 4.79 Å². The molecule has 0 aliphatic rings. The molecular formula is C11H12O. The Kier molecular flexibility index (Phi) is 2.81. The van der Waals surface area contributed by atoms with Crippen molar-refractivity contribution in [3.63, 3.8) is 0 Å². The molecule has 0 aliphatic heterocycles. The Morgan fingerprint density at radius 3 is 2.58 bits per heavy atom. The number of rotatable bonds is 2. The molecule has 0 N–H and O–H groups in total. The topological polar surface area (TPSA) is 17.1 Å². The summed E-state index contributed by atoms with van der Waals surface area (Å²) in [6.07, 6.45) is 2.76. The number of aldehydes is 1. The van der Waals surface area contributed by atoms with Gasteiger partial charge in [0.25, 0.3) is 0 Å². The maximum Gasteiger partial charge on any atom is 0.145 e. The second-order valence-corrected chi connectivity index (χ2v) is 2.86. The average Bonchev–Trinajstić information content (AvgIpc) is 2.09. The summed E-state index contributed by atoms with van der Waals surface area (Å²) < 4.78 is 0. The maximum atomic E-state index is 10.4. The van der Waals surface area contributed by atoms with Gasteiger partial charge in [-0.1, -0.05) is 24.3 Å². The fourth-order valence-electron chi connectivity index (χ4n) is 1.03. The number of hydrogen-bond acceptors (Lipinski definition) is 1. The van der Waals surface area contributed by atoms with Gasteiger partial charge in [-0.3, -0.25) is 4.79 Å². The smallest absolute Gasteiger partial charge is 0.145 e. The summed E-state index contributed by atoms with van der Waals surface area (Å²) in [6.45, 7) is 3.84. The molecule has 0 aliphatic carbocycles. The molecule has 0 bridgehead atoms. The summed E-state index contributed by atoms with van der Waals surface area (Å²) in [5.41, 5.74) is 3.06. The van der Waals surface area contributed by atoms with Gasteiger partial charge in [-0.2, -0.15) is 0 Å². The molecule has 12 heavy (non-hydrogen) atoms. The van der Waals surface area contributed by atoms with Gasteiger partial charge in [-0.25, -0.2) is 0 Å². The second kappa shape index (κ2) is 3.86. The lowest BCUT2D eigenvalue weighted by Gasteiger charge is -1.98. The lowest BCUT2D eigenvalue weighted by Crippen LogP contribution is -1.81. The zero-order valence-corrected chi connectivity index (χ0v) is 7.37. The van der Waals surface area contributed by atoms with Crippen molar-refractivity contribution in [3.05, 3.63) is 41.0 Å². The van der Waals surface area contributed by atoms with Crippen LogP contribution in [0.1, 0.15) is 18.1 Å². The number of allylic oxidation sites excluding steroid dienone is 1. The first-order valence-electron chi connectivity index (χ1n) is 3.93. The Bertz CT molecular complexity index is 311. The lowest BCUT2D eigenvalue weighted by molar-refractivity contribution is -0.104. The van der Waals surface area contributed by atoms with Gasteiger partial charge in [0.15, 0.2) is 0 Å². The maximum absolute atomic E-state index is 10.4. The first kappa shape index (κ1) is 8.72. The Morgan fingerprint density at radius 2 is 2.00 bits per heavy atom. The summed E-state index contributed by atoms with van der Waals surface area (Å²) in [5, 5.41) is 0. The third-order valence-electron chi connectivity index (χ3n) is 1.76. The molecule has 0 fully saturated rings. The van der Waals surface area contributed by atoms with E-state index in [4.69, 9.17) is 0 Å².